The van der Waals surface area contributed by atoms with Gasteiger partial charge in [0.05, 0.1) is 13.7 Å². The first-order chi connectivity index (χ1) is 6.71. The number of aromatic nitrogens is 1. The van der Waals surface area contributed by atoms with Crippen LogP contribution in [0.4, 0.5) is 0 Å². The fourth-order valence-corrected chi connectivity index (χ4v) is 1.36. The third-order valence-corrected chi connectivity index (χ3v) is 2.01. The van der Waals surface area contributed by atoms with Crippen molar-refractivity contribution in [1.29, 1.82) is 0 Å². The Morgan fingerprint density at radius 3 is 3.31 bits per heavy atom. The molecule has 13 heavy (non-hydrogen) atoms. The van der Waals surface area contributed by atoms with Crippen LogP contribution in [-0.4, -0.2) is 24.7 Å². The number of hydrogen-bond donors (Lipinski definition) is 1. The van der Waals surface area contributed by atoms with E-state index in [1.807, 2.05) is 25.1 Å². The van der Waals surface area contributed by atoms with Crippen molar-refractivity contribution in [3.05, 3.63) is 29.6 Å². The van der Waals surface area contributed by atoms with E-state index in [0.717, 1.165) is 12.2 Å². The Hall–Kier alpha value is -0.930. The summed E-state index contributed by atoms with van der Waals surface area (Å²) in [6.45, 7) is 3.80. The molecule has 1 aliphatic rings. The van der Waals surface area contributed by atoms with Gasteiger partial charge in [0.25, 0.3) is 0 Å². The van der Waals surface area contributed by atoms with Gasteiger partial charge in [0.15, 0.2) is 0 Å². The molecule has 1 aromatic heterocycles. The Morgan fingerprint density at radius 2 is 2.62 bits per heavy atom. The Labute approximate surface area is 79.5 Å². The second kappa shape index (κ2) is 3.85. The number of nitrogens with one attached hydrogen (secondary N) is 1. The van der Waals surface area contributed by atoms with Crippen LogP contribution in [0.5, 0.6) is 0 Å². The van der Waals surface area contributed by atoms with E-state index in [4.69, 9.17) is 6.11 Å². The molecule has 70 valence electrons. The molecule has 0 spiro atoms. The molecular formula is C10H14N2O. The van der Waals surface area contributed by atoms with Crippen molar-refractivity contribution in [2.45, 2.75) is 13.0 Å². The number of hydrogen-bond acceptors (Lipinski definition) is 3. The molecule has 0 amide bonds. The molecule has 0 unspecified atom stereocenters. The predicted molar refractivity (Wildman–Crippen MR) is 50.5 cm³/mol. The van der Waals surface area contributed by atoms with Crippen LogP contribution < -0.4 is 5.32 Å². The summed E-state index contributed by atoms with van der Waals surface area (Å²) in [6.07, 6.45) is -1.01. The first-order valence-electron chi connectivity index (χ1n) is 4.99. The molecule has 0 radical (unpaired) electrons. The highest BCUT2D eigenvalue weighted by atomic mass is 16.5. The lowest BCUT2D eigenvalue weighted by atomic mass is 10.2. The average molecular weight is 179 g/mol. The summed E-state index contributed by atoms with van der Waals surface area (Å²) in [7, 11) is 0. The summed E-state index contributed by atoms with van der Waals surface area (Å²) in [5.41, 5.74) is 1.60. The lowest BCUT2D eigenvalue weighted by Gasteiger charge is -2.23. The number of ether oxygens (including phenoxy) is 1. The maximum atomic E-state index is 8.11. The van der Waals surface area contributed by atoms with Gasteiger partial charge in [-0.05, 0) is 19.1 Å². The summed E-state index contributed by atoms with van der Waals surface area (Å²) in [5, 5.41) is 3.14. The van der Waals surface area contributed by atoms with Crippen LogP contribution >= 0.6 is 0 Å². The molecule has 0 saturated carbocycles. The van der Waals surface area contributed by atoms with Crippen LogP contribution in [0.25, 0.3) is 0 Å². The first-order valence-corrected chi connectivity index (χ1v) is 4.49. The van der Waals surface area contributed by atoms with E-state index in [0.29, 0.717) is 18.8 Å². The molecular weight excluding hydrogens is 164 g/mol. The number of aryl methyl sites for hydroxylation is 1. The fraction of sp³-hybridized carbons (Fsp3) is 0.500. The highest BCUT2D eigenvalue weighted by Crippen LogP contribution is 2.16. The number of pyridine rings is 1. The standard InChI is InChI=1S/C10H14N2O/c1-8-3-2-4-9(12-8)10-7-11-5-6-13-10/h2-4,10-11H,5-7H2,1H3/t10-/m0/s1/i10D. The van der Waals surface area contributed by atoms with Gasteiger partial charge >= 0.3 is 0 Å². The normalized spacial score (nSPS) is 29.8. The predicted octanol–water partition coefficient (Wildman–Crippen LogP) is 1.05. The molecule has 1 atom stereocenters. The lowest BCUT2D eigenvalue weighted by Crippen LogP contribution is -2.33. The van der Waals surface area contributed by atoms with Crippen molar-refractivity contribution in [1.82, 2.24) is 10.3 Å². The van der Waals surface area contributed by atoms with Gasteiger partial charge in [-0.3, -0.25) is 4.98 Å². The van der Waals surface area contributed by atoms with Crippen LogP contribution in [0.15, 0.2) is 18.2 Å². The molecule has 0 bridgehead atoms. The molecule has 2 heterocycles. The zero-order valence-electron chi connectivity index (χ0n) is 8.71. The largest absolute Gasteiger partial charge is 0.369 e. The summed E-state index contributed by atoms with van der Waals surface area (Å²) in [6, 6.07) is 5.67. The minimum absolute atomic E-state index is 0.503. The lowest BCUT2D eigenvalue weighted by molar-refractivity contribution is 0.0249. The number of morpholine rings is 1. The summed E-state index contributed by atoms with van der Waals surface area (Å²) in [4.78, 5) is 4.32. The molecule has 3 heteroatoms. The summed E-state index contributed by atoms with van der Waals surface area (Å²) >= 11 is 0. The van der Waals surface area contributed by atoms with Gasteiger partial charge < -0.3 is 10.1 Å². The van der Waals surface area contributed by atoms with Crippen molar-refractivity contribution < 1.29 is 6.11 Å². The number of nitrogens with zero attached hydrogens (tertiary/aromatic N) is 1. The van der Waals surface area contributed by atoms with Crippen molar-refractivity contribution in [2.24, 2.45) is 0 Å². The molecule has 3 nitrogen and oxygen atoms in total. The van der Waals surface area contributed by atoms with E-state index in [1.54, 1.807) is 0 Å². The SMILES string of the molecule is [2H][C@@]1(c2cccc(C)n2)CNCCO1. The molecule has 1 aliphatic heterocycles. The fourth-order valence-electron chi connectivity index (χ4n) is 1.36. The summed E-state index contributed by atoms with van der Waals surface area (Å²) in [5.74, 6) is 0. The third-order valence-electron chi connectivity index (χ3n) is 2.01. The minimum atomic E-state index is -1.01. The second-order valence-corrected chi connectivity index (χ2v) is 3.11. The van der Waals surface area contributed by atoms with Crippen LogP contribution in [0.2, 0.25) is 0 Å². The smallest absolute Gasteiger partial charge is 0.112 e. The quantitative estimate of drug-likeness (QED) is 0.699. The molecule has 1 aromatic rings. The third kappa shape index (κ3) is 2.05. The van der Waals surface area contributed by atoms with Crippen LogP contribution in [0.3, 0.4) is 0 Å². The van der Waals surface area contributed by atoms with Gasteiger partial charge in [0, 0.05) is 18.8 Å². The molecule has 2 rings (SSSR count). The van der Waals surface area contributed by atoms with E-state index in [9.17, 15) is 0 Å². The van der Waals surface area contributed by atoms with Gasteiger partial charge in [-0.25, -0.2) is 0 Å². The minimum Gasteiger partial charge on any atom is -0.369 e. The number of rotatable bonds is 1. The Morgan fingerprint density at radius 1 is 1.69 bits per heavy atom. The van der Waals surface area contributed by atoms with Crippen molar-refractivity contribution in [3.63, 3.8) is 0 Å². The Balaban J connectivity index is 2.28. The highest BCUT2D eigenvalue weighted by Gasteiger charge is 2.16. The van der Waals surface area contributed by atoms with E-state index in [-0.39, 0.29) is 0 Å². The van der Waals surface area contributed by atoms with Gasteiger partial charge in [0.1, 0.15) is 6.08 Å². The molecule has 0 aliphatic carbocycles. The monoisotopic (exact) mass is 179 g/mol. The van der Waals surface area contributed by atoms with Gasteiger partial charge in [-0.2, -0.15) is 0 Å². The molecule has 1 fully saturated rings. The van der Waals surface area contributed by atoms with Crippen LogP contribution in [-0.2, 0) is 4.74 Å². The topological polar surface area (TPSA) is 34.2 Å². The Bertz CT molecular complexity index is 324. The first kappa shape index (κ1) is 7.47. The molecule has 1 N–H and O–H groups in total. The zero-order chi connectivity index (χ0) is 10.0. The highest BCUT2D eigenvalue weighted by molar-refractivity contribution is 5.12. The van der Waals surface area contributed by atoms with Crippen molar-refractivity contribution >= 4 is 0 Å². The van der Waals surface area contributed by atoms with Crippen molar-refractivity contribution in [2.75, 3.05) is 19.7 Å². The van der Waals surface area contributed by atoms with Crippen LogP contribution in [0, 0.1) is 6.92 Å². The van der Waals surface area contributed by atoms with E-state index >= 15 is 0 Å². The summed E-state index contributed by atoms with van der Waals surface area (Å²) < 4.78 is 13.6. The van der Waals surface area contributed by atoms with Gasteiger partial charge in [-0.15, -0.1) is 0 Å². The van der Waals surface area contributed by atoms with Gasteiger partial charge in [-0.1, -0.05) is 6.07 Å². The van der Waals surface area contributed by atoms with E-state index in [2.05, 4.69) is 10.3 Å². The maximum absolute atomic E-state index is 8.11. The average Bonchev–Trinajstić information content (AvgIpc) is 2.19. The van der Waals surface area contributed by atoms with Gasteiger partial charge in [0.2, 0.25) is 0 Å². The molecule has 1 saturated heterocycles. The van der Waals surface area contributed by atoms with Crippen molar-refractivity contribution in [3.8, 4) is 0 Å². The maximum Gasteiger partial charge on any atom is 0.112 e. The van der Waals surface area contributed by atoms with E-state index in [1.165, 1.54) is 0 Å². The Kier molecular flexibility index (Phi) is 2.21. The second-order valence-electron chi connectivity index (χ2n) is 3.11. The van der Waals surface area contributed by atoms with Crippen LogP contribution in [0.1, 0.15) is 18.8 Å². The molecule has 0 aromatic carbocycles. The van der Waals surface area contributed by atoms with E-state index < -0.39 is 6.08 Å². The zero-order valence-corrected chi connectivity index (χ0v) is 7.71.